The molecule has 0 aliphatic rings. The average molecular weight is 378 g/mol. The van der Waals surface area contributed by atoms with Gasteiger partial charge in [0.25, 0.3) is 10.0 Å². The molecule has 3 aromatic carbocycles. The van der Waals surface area contributed by atoms with E-state index in [0.29, 0.717) is 11.2 Å². The topological polar surface area (TPSA) is 68.3 Å². The van der Waals surface area contributed by atoms with Crippen LogP contribution in [0.15, 0.2) is 71.6 Å². The fourth-order valence-corrected chi connectivity index (χ4v) is 4.04. The van der Waals surface area contributed by atoms with Gasteiger partial charge in [0.05, 0.1) is 28.7 Å². The molecule has 6 heteroatoms. The van der Waals surface area contributed by atoms with E-state index in [1.807, 2.05) is 43.3 Å². The molecular formula is C21H18N2O3S. The van der Waals surface area contributed by atoms with Crippen molar-refractivity contribution >= 4 is 37.5 Å². The van der Waals surface area contributed by atoms with E-state index in [2.05, 4.69) is 9.71 Å². The summed E-state index contributed by atoms with van der Waals surface area (Å²) in [5, 5.41) is 1.78. The van der Waals surface area contributed by atoms with Crippen LogP contribution in [0.1, 0.15) is 5.56 Å². The Morgan fingerprint density at radius 1 is 0.926 bits per heavy atom. The number of para-hydroxylation sites is 1. The molecule has 4 aromatic rings. The summed E-state index contributed by atoms with van der Waals surface area (Å²) in [7, 11) is -2.08. The van der Waals surface area contributed by atoms with E-state index in [1.54, 1.807) is 37.4 Å². The number of pyridine rings is 1. The van der Waals surface area contributed by atoms with E-state index in [1.165, 1.54) is 0 Å². The van der Waals surface area contributed by atoms with Crippen molar-refractivity contribution in [3.05, 3.63) is 72.3 Å². The van der Waals surface area contributed by atoms with E-state index in [9.17, 15) is 8.42 Å². The molecule has 0 spiro atoms. The van der Waals surface area contributed by atoms with Crippen molar-refractivity contribution in [2.75, 3.05) is 11.8 Å². The van der Waals surface area contributed by atoms with Gasteiger partial charge in [0.1, 0.15) is 5.75 Å². The smallest absolute Gasteiger partial charge is 0.261 e. The van der Waals surface area contributed by atoms with E-state index in [0.717, 1.165) is 27.6 Å². The third-order valence-electron chi connectivity index (χ3n) is 4.42. The van der Waals surface area contributed by atoms with Gasteiger partial charge in [0.2, 0.25) is 0 Å². The number of methoxy groups -OCH3 is 1. The number of aromatic nitrogens is 1. The molecule has 0 bridgehead atoms. The number of benzene rings is 3. The van der Waals surface area contributed by atoms with Gasteiger partial charge < -0.3 is 4.74 Å². The van der Waals surface area contributed by atoms with Crippen molar-refractivity contribution in [3.8, 4) is 5.75 Å². The first-order chi connectivity index (χ1) is 13.0. The fourth-order valence-electron chi connectivity index (χ4n) is 2.97. The highest BCUT2D eigenvalue weighted by molar-refractivity contribution is 7.92. The third kappa shape index (κ3) is 3.31. The predicted molar refractivity (Wildman–Crippen MR) is 108 cm³/mol. The van der Waals surface area contributed by atoms with Crippen LogP contribution in [-0.2, 0) is 10.0 Å². The second-order valence-electron chi connectivity index (χ2n) is 6.34. The number of nitrogens with one attached hydrogen (secondary N) is 1. The van der Waals surface area contributed by atoms with Gasteiger partial charge in [-0.1, -0.05) is 29.8 Å². The summed E-state index contributed by atoms with van der Waals surface area (Å²) in [6.45, 7) is 1.92. The maximum Gasteiger partial charge on any atom is 0.261 e. The third-order valence-corrected chi connectivity index (χ3v) is 5.80. The summed E-state index contributed by atoms with van der Waals surface area (Å²) < 4.78 is 33.4. The molecule has 0 amide bonds. The summed E-state index contributed by atoms with van der Waals surface area (Å²) in [5.41, 5.74) is 2.82. The number of anilines is 1. The van der Waals surface area contributed by atoms with Gasteiger partial charge in [-0.3, -0.25) is 4.72 Å². The largest absolute Gasteiger partial charge is 0.497 e. The number of fused-ring (bicyclic) bond motifs is 2. The summed E-state index contributed by atoms with van der Waals surface area (Å²) >= 11 is 0. The molecular weight excluding hydrogens is 360 g/mol. The first-order valence-electron chi connectivity index (χ1n) is 8.43. The Morgan fingerprint density at radius 2 is 1.70 bits per heavy atom. The van der Waals surface area contributed by atoms with Crippen LogP contribution >= 0.6 is 0 Å². The average Bonchev–Trinajstić information content (AvgIpc) is 2.66. The summed E-state index contributed by atoms with van der Waals surface area (Å²) in [6, 6.07) is 19.8. The van der Waals surface area contributed by atoms with Gasteiger partial charge in [-0.05, 0) is 49.4 Å². The highest BCUT2D eigenvalue weighted by Gasteiger charge is 2.16. The second-order valence-corrected chi connectivity index (χ2v) is 8.03. The molecule has 1 heterocycles. The maximum absolute atomic E-state index is 12.7. The standard InChI is InChI=1S/C21H18N2O3S/c1-14-6-9-18(10-7-14)27(24,25)23-20-5-3-4-15-12-16-13-17(26-2)8-11-19(16)22-21(15)20/h3-13,23H,1-2H3. The first kappa shape index (κ1) is 17.3. The Labute approximate surface area is 157 Å². The SMILES string of the molecule is COc1ccc2nc3c(NS(=O)(=O)c4ccc(C)cc4)cccc3cc2c1. The van der Waals surface area contributed by atoms with Crippen LogP contribution < -0.4 is 9.46 Å². The number of aryl methyl sites for hydroxylation is 1. The fraction of sp³-hybridized carbons (Fsp3) is 0.0952. The van der Waals surface area contributed by atoms with Crippen LogP contribution in [0.5, 0.6) is 5.75 Å². The number of nitrogens with zero attached hydrogens (tertiary/aromatic N) is 1. The first-order valence-corrected chi connectivity index (χ1v) is 9.92. The van der Waals surface area contributed by atoms with E-state index < -0.39 is 10.0 Å². The molecule has 1 N–H and O–H groups in total. The minimum atomic E-state index is -3.70. The molecule has 4 rings (SSSR count). The minimum Gasteiger partial charge on any atom is -0.497 e. The molecule has 1 aromatic heterocycles. The quantitative estimate of drug-likeness (QED) is 0.531. The number of hydrogen-bond donors (Lipinski definition) is 1. The lowest BCUT2D eigenvalue weighted by Crippen LogP contribution is -2.13. The normalized spacial score (nSPS) is 11.6. The zero-order chi connectivity index (χ0) is 19.0. The summed E-state index contributed by atoms with van der Waals surface area (Å²) in [6.07, 6.45) is 0. The number of ether oxygens (including phenoxy) is 1. The molecule has 0 aliphatic heterocycles. The van der Waals surface area contributed by atoms with Gasteiger partial charge in [-0.25, -0.2) is 13.4 Å². The molecule has 0 aliphatic carbocycles. The number of rotatable bonds is 4. The van der Waals surface area contributed by atoms with E-state index in [4.69, 9.17) is 4.74 Å². The lowest BCUT2D eigenvalue weighted by atomic mass is 10.1. The number of sulfonamides is 1. The Morgan fingerprint density at radius 3 is 2.44 bits per heavy atom. The van der Waals surface area contributed by atoms with Crippen LogP contribution in [0.3, 0.4) is 0 Å². The zero-order valence-electron chi connectivity index (χ0n) is 14.9. The Bertz CT molecular complexity index is 1250. The molecule has 0 saturated heterocycles. The number of hydrogen-bond acceptors (Lipinski definition) is 4. The maximum atomic E-state index is 12.7. The van der Waals surface area contributed by atoms with Crippen LogP contribution in [0.25, 0.3) is 21.8 Å². The molecule has 5 nitrogen and oxygen atoms in total. The van der Waals surface area contributed by atoms with Gasteiger partial charge in [-0.15, -0.1) is 0 Å². The van der Waals surface area contributed by atoms with Gasteiger partial charge in [-0.2, -0.15) is 0 Å². The molecule has 136 valence electrons. The molecule has 0 fully saturated rings. The summed E-state index contributed by atoms with van der Waals surface area (Å²) in [5.74, 6) is 0.750. The highest BCUT2D eigenvalue weighted by atomic mass is 32.2. The van der Waals surface area contributed by atoms with Crippen molar-refractivity contribution in [1.82, 2.24) is 4.98 Å². The zero-order valence-corrected chi connectivity index (χ0v) is 15.7. The van der Waals surface area contributed by atoms with Crippen molar-refractivity contribution in [2.24, 2.45) is 0 Å². The van der Waals surface area contributed by atoms with Gasteiger partial charge in [0.15, 0.2) is 0 Å². The van der Waals surface area contributed by atoms with Crippen LogP contribution in [0.2, 0.25) is 0 Å². The molecule has 0 atom stereocenters. The van der Waals surface area contributed by atoms with Gasteiger partial charge >= 0.3 is 0 Å². The van der Waals surface area contributed by atoms with Crippen LogP contribution in [0.4, 0.5) is 5.69 Å². The van der Waals surface area contributed by atoms with Crippen LogP contribution in [-0.4, -0.2) is 20.5 Å². The van der Waals surface area contributed by atoms with Crippen molar-refractivity contribution in [3.63, 3.8) is 0 Å². The predicted octanol–water partition coefficient (Wildman–Crippen LogP) is 4.51. The van der Waals surface area contributed by atoms with E-state index >= 15 is 0 Å². The molecule has 0 unspecified atom stereocenters. The van der Waals surface area contributed by atoms with Crippen molar-refractivity contribution in [2.45, 2.75) is 11.8 Å². The van der Waals surface area contributed by atoms with Crippen molar-refractivity contribution in [1.29, 1.82) is 0 Å². The van der Waals surface area contributed by atoms with E-state index in [-0.39, 0.29) is 4.90 Å². The molecule has 0 radical (unpaired) electrons. The Kier molecular flexibility index (Phi) is 4.20. The second kappa shape index (κ2) is 6.55. The van der Waals surface area contributed by atoms with Gasteiger partial charge in [0, 0.05) is 10.8 Å². The minimum absolute atomic E-state index is 0.218. The Balaban J connectivity index is 1.81. The monoisotopic (exact) mass is 378 g/mol. The Hall–Kier alpha value is -3.12. The van der Waals surface area contributed by atoms with Crippen molar-refractivity contribution < 1.29 is 13.2 Å². The van der Waals surface area contributed by atoms with Crippen LogP contribution in [0, 0.1) is 6.92 Å². The lowest BCUT2D eigenvalue weighted by molar-refractivity contribution is 0.415. The molecule has 0 saturated carbocycles. The summed E-state index contributed by atoms with van der Waals surface area (Å²) in [4.78, 5) is 4.88. The highest BCUT2D eigenvalue weighted by Crippen LogP contribution is 2.29. The lowest BCUT2D eigenvalue weighted by Gasteiger charge is -2.11. The molecule has 27 heavy (non-hydrogen) atoms.